The van der Waals surface area contributed by atoms with Crippen molar-refractivity contribution in [1.82, 2.24) is 4.57 Å². The molecule has 1 saturated carbocycles. The quantitative estimate of drug-likeness (QED) is 0.350. The third kappa shape index (κ3) is 3.91. The first-order valence-electron chi connectivity index (χ1n) is 9.57. The van der Waals surface area contributed by atoms with Crippen LogP contribution in [-0.4, -0.2) is 10.5 Å². The van der Waals surface area contributed by atoms with Gasteiger partial charge in [0.15, 0.2) is 6.73 Å². The lowest BCUT2D eigenvalue weighted by atomic mass is 9.96. The summed E-state index contributed by atoms with van der Waals surface area (Å²) < 4.78 is 47.6. The Hall–Kier alpha value is -2.76. The Labute approximate surface area is 195 Å². The van der Waals surface area contributed by atoms with Crippen molar-refractivity contribution in [3.8, 4) is 17.3 Å². The molecule has 164 valence electrons. The lowest BCUT2D eigenvalue weighted by Crippen LogP contribution is -2.26. The molecule has 0 aliphatic heterocycles. The highest BCUT2D eigenvalue weighted by molar-refractivity contribution is 9.10. The van der Waals surface area contributed by atoms with Crippen LogP contribution in [0.1, 0.15) is 29.7 Å². The molecule has 1 aromatic heterocycles. The van der Waals surface area contributed by atoms with Crippen molar-refractivity contribution in [2.24, 2.45) is 0 Å². The monoisotopic (exact) mass is 522 g/mol. The second-order valence-corrected chi connectivity index (χ2v) is 8.67. The highest BCUT2D eigenvalue weighted by atomic mass is 79.9. The molecule has 2 aromatic carbocycles. The van der Waals surface area contributed by atoms with Crippen LogP contribution in [0.3, 0.4) is 0 Å². The van der Waals surface area contributed by atoms with Gasteiger partial charge in [0, 0.05) is 5.02 Å². The molecule has 4 nitrogen and oxygen atoms in total. The van der Waals surface area contributed by atoms with Gasteiger partial charge in [0.1, 0.15) is 11.8 Å². The molecule has 9 heteroatoms. The normalized spacial score (nSPS) is 14.6. The van der Waals surface area contributed by atoms with E-state index in [0.717, 1.165) is 10.1 Å². The van der Waals surface area contributed by atoms with Gasteiger partial charge in [-0.05, 0) is 52.0 Å². The molecule has 1 heterocycles. The van der Waals surface area contributed by atoms with Gasteiger partial charge in [0.25, 0.3) is 0 Å². The predicted octanol–water partition coefficient (Wildman–Crippen LogP) is 6.69. The van der Waals surface area contributed by atoms with E-state index in [0.29, 0.717) is 23.4 Å². The molecule has 1 aliphatic rings. The number of ether oxygens (including phenoxy) is 1. The number of halogens is 5. The van der Waals surface area contributed by atoms with Crippen LogP contribution in [0.15, 0.2) is 59.1 Å². The van der Waals surface area contributed by atoms with Gasteiger partial charge in [-0.2, -0.15) is 18.4 Å². The standard InChI is InChI=1S/C23H15BrClF3N2O2/c24-18-17(12-29)19(14-6-8-16(25)9-7-14)30(20(18)23(26,27)28)13-32-21(31)22(10-11-22)15-4-2-1-3-5-15/h1-9H,10-11,13H2. The number of alkyl halides is 3. The van der Waals surface area contributed by atoms with E-state index in [2.05, 4.69) is 15.9 Å². The second-order valence-electron chi connectivity index (χ2n) is 7.44. The van der Waals surface area contributed by atoms with Crippen molar-refractivity contribution in [3.05, 3.63) is 80.9 Å². The summed E-state index contributed by atoms with van der Waals surface area (Å²) in [5.41, 5.74) is -1.06. The lowest BCUT2D eigenvalue weighted by Gasteiger charge is -2.19. The fraction of sp³-hybridized carbons (Fsp3) is 0.217. The van der Waals surface area contributed by atoms with Gasteiger partial charge in [-0.15, -0.1) is 0 Å². The van der Waals surface area contributed by atoms with Gasteiger partial charge >= 0.3 is 12.1 Å². The van der Waals surface area contributed by atoms with E-state index in [1.807, 2.05) is 12.1 Å². The maximum Gasteiger partial charge on any atom is 0.432 e. The maximum atomic E-state index is 13.9. The number of benzene rings is 2. The van der Waals surface area contributed by atoms with Crippen LogP contribution in [0.25, 0.3) is 11.3 Å². The highest BCUT2D eigenvalue weighted by Crippen LogP contribution is 2.49. The van der Waals surface area contributed by atoms with Crippen LogP contribution >= 0.6 is 27.5 Å². The van der Waals surface area contributed by atoms with Gasteiger partial charge < -0.3 is 9.30 Å². The first-order valence-corrected chi connectivity index (χ1v) is 10.7. The summed E-state index contributed by atoms with van der Waals surface area (Å²) in [5.74, 6) is -0.595. The number of carbonyl (C=O) groups is 1. The summed E-state index contributed by atoms with van der Waals surface area (Å²) in [6, 6.07) is 16.9. The molecule has 0 N–H and O–H groups in total. The molecule has 1 aliphatic carbocycles. The Kier molecular flexibility index (Phi) is 5.82. The van der Waals surface area contributed by atoms with Gasteiger partial charge in [-0.25, -0.2) is 0 Å². The summed E-state index contributed by atoms with van der Waals surface area (Å²) in [6.07, 6.45) is -3.67. The predicted molar refractivity (Wildman–Crippen MR) is 116 cm³/mol. The van der Waals surface area contributed by atoms with E-state index >= 15 is 0 Å². The van der Waals surface area contributed by atoms with Crippen LogP contribution in [0, 0.1) is 11.3 Å². The third-order valence-electron chi connectivity index (χ3n) is 5.49. The van der Waals surface area contributed by atoms with Crippen molar-refractivity contribution in [2.45, 2.75) is 31.2 Å². The van der Waals surface area contributed by atoms with Crippen molar-refractivity contribution in [3.63, 3.8) is 0 Å². The summed E-state index contributed by atoms with van der Waals surface area (Å²) in [5, 5.41) is 9.98. The number of nitriles is 1. The average Bonchev–Trinajstić information content (AvgIpc) is 3.52. The average molecular weight is 524 g/mol. The minimum absolute atomic E-state index is 0.0132. The number of nitrogens with zero attached hydrogens (tertiary/aromatic N) is 2. The molecular weight excluding hydrogens is 509 g/mol. The Morgan fingerprint density at radius 3 is 2.31 bits per heavy atom. The fourth-order valence-electron chi connectivity index (χ4n) is 3.76. The van der Waals surface area contributed by atoms with E-state index in [-0.39, 0.29) is 11.3 Å². The number of hydrogen-bond acceptors (Lipinski definition) is 3. The number of rotatable bonds is 5. The zero-order valence-electron chi connectivity index (χ0n) is 16.4. The van der Waals surface area contributed by atoms with Crippen LogP contribution in [0.2, 0.25) is 5.02 Å². The van der Waals surface area contributed by atoms with E-state index in [4.69, 9.17) is 16.3 Å². The topological polar surface area (TPSA) is 55.0 Å². The van der Waals surface area contributed by atoms with Crippen molar-refractivity contribution in [1.29, 1.82) is 5.26 Å². The van der Waals surface area contributed by atoms with E-state index in [1.165, 1.54) is 24.3 Å². The molecule has 0 radical (unpaired) electrons. The van der Waals surface area contributed by atoms with Crippen LogP contribution in [-0.2, 0) is 27.9 Å². The number of esters is 1. The Morgan fingerprint density at radius 1 is 1.16 bits per heavy atom. The minimum atomic E-state index is -4.79. The summed E-state index contributed by atoms with van der Waals surface area (Å²) in [7, 11) is 0. The van der Waals surface area contributed by atoms with E-state index in [1.54, 1.807) is 24.3 Å². The third-order valence-corrected chi connectivity index (χ3v) is 6.52. The molecule has 0 saturated heterocycles. The second kappa shape index (κ2) is 8.30. The zero-order chi connectivity index (χ0) is 23.1. The number of carbonyl (C=O) groups excluding carboxylic acids is 1. The molecule has 32 heavy (non-hydrogen) atoms. The highest BCUT2D eigenvalue weighted by Gasteiger charge is 2.53. The lowest BCUT2D eigenvalue weighted by molar-refractivity contribution is -0.157. The molecule has 0 unspecified atom stereocenters. The Morgan fingerprint density at radius 2 is 1.78 bits per heavy atom. The van der Waals surface area contributed by atoms with Gasteiger partial charge in [0.2, 0.25) is 0 Å². The summed E-state index contributed by atoms with van der Waals surface area (Å²) >= 11 is 8.84. The van der Waals surface area contributed by atoms with E-state index < -0.39 is 34.5 Å². The first-order chi connectivity index (χ1) is 15.2. The van der Waals surface area contributed by atoms with Crippen LogP contribution < -0.4 is 0 Å². The van der Waals surface area contributed by atoms with Crippen LogP contribution in [0.5, 0.6) is 0 Å². The minimum Gasteiger partial charge on any atom is -0.443 e. The van der Waals surface area contributed by atoms with E-state index in [9.17, 15) is 23.2 Å². The molecular formula is C23H15BrClF3N2O2. The number of hydrogen-bond donors (Lipinski definition) is 0. The van der Waals surface area contributed by atoms with Crippen molar-refractivity contribution >= 4 is 33.5 Å². The number of aromatic nitrogens is 1. The zero-order valence-corrected chi connectivity index (χ0v) is 18.8. The molecule has 4 rings (SSSR count). The summed E-state index contributed by atoms with van der Waals surface area (Å²) in [4.78, 5) is 12.9. The molecule has 0 amide bonds. The maximum absolute atomic E-state index is 13.9. The Balaban J connectivity index is 1.75. The van der Waals surface area contributed by atoms with Gasteiger partial charge in [0.05, 0.1) is 21.1 Å². The largest absolute Gasteiger partial charge is 0.443 e. The van der Waals surface area contributed by atoms with Gasteiger partial charge in [-0.1, -0.05) is 54.1 Å². The molecule has 1 fully saturated rings. The van der Waals surface area contributed by atoms with Crippen molar-refractivity contribution in [2.75, 3.05) is 0 Å². The summed E-state index contributed by atoms with van der Waals surface area (Å²) in [6.45, 7) is -0.694. The molecule has 3 aromatic rings. The molecule has 0 spiro atoms. The SMILES string of the molecule is N#Cc1c(Br)c(C(F)(F)F)n(COC(=O)C2(c3ccccc3)CC2)c1-c1ccc(Cl)cc1. The van der Waals surface area contributed by atoms with Gasteiger partial charge in [-0.3, -0.25) is 4.79 Å². The first kappa shape index (κ1) is 22.4. The molecule has 0 bridgehead atoms. The smallest absolute Gasteiger partial charge is 0.432 e. The fourth-order valence-corrected chi connectivity index (χ4v) is 4.60. The van der Waals surface area contributed by atoms with Crippen molar-refractivity contribution < 1.29 is 22.7 Å². The molecule has 0 atom stereocenters. The Bertz CT molecular complexity index is 1210. The van der Waals surface area contributed by atoms with Crippen LogP contribution in [0.4, 0.5) is 13.2 Å².